The van der Waals surface area contributed by atoms with Gasteiger partial charge in [-0.3, -0.25) is 9.48 Å². The van der Waals surface area contributed by atoms with Crippen molar-refractivity contribution in [1.82, 2.24) is 14.3 Å². The summed E-state index contributed by atoms with van der Waals surface area (Å²) in [6.07, 6.45) is 1.59. The number of aliphatic imine (C=N–C) groups is 1. The van der Waals surface area contributed by atoms with Crippen molar-refractivity contribution in [2.45, 2.75) is 27.7 Å². The van der Waals surface area contributed by atoms with E-state index in [-0.39, 0.29) is 5.56 Å². The van der Waals surface area contributed by atoms with Crippen LogP contribution >= 0.6 is 0 Å². The molecule has 0 radical (unpaired) electrons. The highest BCUT2D eigenvalue weighted by Crippen LogP contribution is 2.20. The van der Waals surface area contributed by atoms with Gasteiger partial charge in [0.15, 0.2) is 5.69 Å². The first-order valence-electron chi connectivity index (χ1n) is 9.11. The molecule has 7 nitrogen and oxygen atoms in total. The topological polar surface area (TPSA) is 81.4 Å². The number of carbonyl (C=O) groups excluding carboxylic acids is 1. The number of hydrogen-bond acceptors (Lipinski definition) is 4. The first-order chi connectivity index (χ1) is 13.4. The van der Waals surface area contributed by atoms with E-state index in [1.54, 1.807) is 22.5 Å². The van der Waals surface area contributed by atoms with Gasteiger partial charge in [0.2, 0.25) is 0 Å². The molecule has 0 atom stereocenters. The predicted octanol–water partition coefficient (Wildman–Crippen LogP) is 3.36. The Hall–Kier alpha value is -3.35. The summed E-state index contributed by atoms with van der Waals surface area (Å²) in [5, 5.41) is 0. The number of nitrogens with one attached hydrogen (secondary N) is 1. The van der Waals surface area contributed by atoms with Crippen LogP contribution in [0.15, 0.2) is 40.1 Å². The lowest BCUT2D eigenvalue weighted by molar-refractivity contribution is 0.0519. The summed E-state index contributed by atoms with van der Waals surface area (Å²) in [5.74, 6) is -0.398. The van der Waals surface area contributed by atoms with Crippen molar-refractivity contribution >= 4 is 17.9 Å². The number of aromatic amines is 1. The molecule has 3 rings (SSSR count). The molecule has 0 unspecified atom stereocenters. The van der Waals surface area contributed by atoms with Gasteiger partial charge in [-0.1, -0.05) is 18.2 Å². The molecule has 2 heterocycles. The fourth-order valence-corrected chi connectivity index (χ4v) is 3.08. The monoisotopic (exact) mass is 380 g/mol. The van der Waals surface area contributed by atoms with Gasteiger partial charge in [-0.15, -0.1) is 0 Å². The third-order valence-corrected chi connectivity index (χ3v) is 4.93. The van der Waals surface area contributed by atoms with Gasteiger partial charge in [0.25, 0.3) is 5.56 Å². The Bertz CT molecular complexity index is 1100. The molecule has 0 fully saturated rings. The summed E-state index contributed by atoms with van der Waals surface area (Å²) in [4.78, 5) is 32.5. The van der Waals surface area contributed by atoms with Crippen molar-refractivity contribution in [3.05, 3.63) is 68.9 Å². The molecule has 1 N–H and O–H groups in total. The molecule has 28 heavy (non-hydrogen) atoms. The van der Waals surface area contributed by atoms with Gasteiger partial charge in [0, 0.05) is 7.05 Å². The van der Waals surface area contributed by atoms with E-state index in [1.165, 1.54) is 0 Å². The number of ether oxygens (including phenoxy) is 1. The van der Waals surface area contributed by atoms with Crippen molar-refractivity contribution in [3.63, 3.8) is 0 Å². The minimum absolute atomic E-state index is 0.200. The van der Waals surface area contributed by atoms with Crippen LogP contribution in [-0.4, -0.2) is 33.1 Å². The summed E-state index contributed by atoms with van der Waals surface area (Å²) in [7, 11) is 1.83. The molecule has 146 valence electrons. The van der Waals surface area contributed by atoms with Gasteiger partial charge in [-0.25, -0.2) is 14.5 Å². The molecule has 0 aliphatic carbocycles. The summed E-state index contributed by atoms with van der Waals surface area (Å²) >= 11 is 0. The Labute approximate surface area is 163 Å². The lowest BCUT2D eigenvalue weighted by Gasteiger charge is -2.07. The number of carbonyl (C=O) groups is 1. The van der Waals surface area contributed by atoms with Gasteiger partial charge in [0.1, 0.15) is 5.69 Å². The van der Waals surface area contributed by atoms with Crippen LogP contribution < -0.4 is 5.56 Å². The number of para-hydroxylation sites is 1. The minimum Gasteiger partial charge on any atom is -0.461 e. The van der Waals surface area contributed by atoms with Crippen LogP contribution in [0.3, 0.4) is 0 Å². The number of aromatic nitrogens is 3. The van der Waals surface area contributed by atoms with Crippen molar-refractivity contribution < 1.29 is 9.53 Å². The largest absolute Gasteiger partial charge is 0.461 e. The third kappa shape index (κ3) is 3.31. The van der Waals surface area contributed by atoms with E-state index in [0.717, 1.165) is 22.5 Å². The Morgan fingerprint density at radius 1 is 1.18 bits per heavy atom. The molecule has 3 aromatic rings. The minimum atomic E-state index is -0.398. The summed E-state index contributed by atoms with van der Waals surface area (Å²) in [5.41, 5.74) is 4.47. The average Bonchev–Trinajstić information content (AvgIpc) is 3.08. The fraction of sp³-hybridized carbons (Fsp3) is 0.286. The summed E-state index contributed by atoms with van der Waals surface area (Å²) < 4.78 is 8.44. The zero-order chi connectivity index (χ0) is 20.4. The maximum absolute atomic E-state index is 12.9. The first kappa shape index (κ1) is 19.4. The number of esters is 1. The highest BCUT2D eigenvalue weighted by Gasteiger charge is 2.18. The molecule has 0 saturated carbocycles. The normalized spacial score (nSPS) is 11.3. The van der Waals surface area contributed by atoms with Crippen LogP contribution in [0.1, 0.15) is 39.9 Å². The van der Waals surface area contributed by atoms with Gasteiger partial charge < -0.3 is 9.72 Å². The second kappa shape index (κ2) is 7.72. The van der Waals surface area contributed by atoms with Crippen LogP contribution in [0.5, 0.6) is 0 Å². The Kier molecular flexibility index (Phi) is 5.35. The highest BCUT2D eigenvalue weighted by molar-refractivity contribution is 5.93. The summed E-state index contributed by atoms with van der Waals surface area (Å²) in [6.45, 7) is 7.68. The van der Waals surface area contributed by atoms with Crippen molar-refractivity contribution in [2.75, 3.05) is 6.61 Å². The molecule has 0 spiro atoms. The predicted molar refractivity (Wildman–Crippen MR) is 109 cm³/mol. The molecular weight excluding hydrogens is 356 g/mol. The van der Waals surface area contributed by atoms with Crippen LogP contribution in [0.4, 0.5) is 5.69 Å². The number of nitrogens with zero attached hydrogens (tertiary/aromatic N) is 3. The molecule has 0 amide bonds. The van der Waals surface area contributed by atoms with E-state index < -0.39 is 5.97 Å². The molecule has 0 bridgehead atoms. The number of benzene rings is 1. The van der Waals surface area contributed by atoms with Crippen LogP contribution in [-0.2, 0) is 11.8 Å². The molecular formula is C21H24N4O3. The van der Waals surface area contributed by atoms with E-state index in [1.807, 2.05) is 58.2 Å². The van der Waals surface area contributed by atoms with E-state index >= 15 is 0 Å². The third-order valence-electron chi connectivity index (χ3n) is 4.93. The molecule has 2 aromatic heterocycles. The van der Waals surface area contributed by atoms with Crippen molar-refractivity contribution in [1.29, 1.82) is 0 Å². The molecule has 0 aliphatic rings. The first-order valence-corrected chi connectivity index (χ1v) is 9.11. The molecule has 1 aromatic carbocycles. The maximum atomic E-state index is 12.9. The summed E-state index contributed by atoms with van der Waals surface area (Å²) in [6, 6.07) is 9.42. The number of H-pyrrole nitrogens is 1. The fourth-order valence-electron chi connectivity index (χ4n) is 3.08. The SMILES string of the molecule is CCOC(=O)c1[nH]c(C=Nc2c(C)n(C)n(-c3ccccc3)c2=O)c(C)c1C. The molecule has 0 aliphatic heterocycles. The van der Waals surface area contributed by atoms with E-state index in [4.69, 9.17) is 4.74 Å². The van der Waals surface area contributed by atoms with Crippen molar-refractivity contribution in [2.24, 2.45) is 12.0 Å². The van der Waals surface area contributed by atoms with Gasteiger partial charge in [-0.2, -0.15) is 0 Å². The Morgan fingerprint density at radius 2 is 1.86 bits per heavy atom. The highest BCUT2D eigenvalue weighted by atomic mass is 16.5. The zero-order valence-electron chi connectivity index (χ0n) is 16.7. The van der Waals surface area contributed by atoms with Gasteiger partial charge in [0.05, 0.1) is 29.9 Å². The smallest absolute Gasteiger partial charge is 0.355 e. The Morgan fingerprint density at radius 3 is 2.50 bits per heavy atom. The average molecular weight is 380 g/mol. The molecule has 7 heteroatoms. The van der Waals surface area contributed by atoms with Crippen LogP contribution in [0.25, 0.3) is 5.69 Å². The Balaban J connectivity index is 2.02. The van der Waals surface area contributed by atoms with Crippen molar-refractivity contribution in [3.8, 4) is 5.69 Å². The van der Waals surface area contributed by atoms with Crippen LogP contribution in [0, 0.1) is 20.8 Å². The quantitative estimate of drug-likeness (QED) is 0.544. The van der Waals surface area contributed by atoms with Crippen LogP contribution in [0.2, 0.25) is 0 Å². The zero-order valence-corrected chi connectivity index (χ0v) is 16.7. The molecule has 0 saturated heterocycles. The second-order valence-corrected chi connectivity index (χ2v) is 6.55. The number of hydrogen-bond donors (Lipinski definition) is 1. The van der Waals surface area contributed by atoms with E-state index in [0.29, 0.717) is 23.7 Å². The lowest BCUT2D eigenvalue weighted by Crippen LogP contribution is -2.19. The van der Waals surface area contributed by atoms with E-state index in [9.17, 15) is 9.59 Å². The maximum Gasteiger partial charge on any atom is 0.355 e. The standard InChI is InChI=1S/C21H24N4O3/c1-6-28-21(27)18-14(3)13(2)17(23-18)12-22-19-15(4)24(5)25(20(19)26)16-10-8-7-9-11-16/h7-12,23H,6H2,1-5H3. The van der Waals surface area contributed by atoms with E-state index in [2.05, 4.69) is 9.98 Å². The lowest BCUT2D eigenvalue weighted by atomic mass is 10.1. The number of rotatable bonds is 5. The van der Waals surface area contributed by atoms with Gasteiger partial charge in [-0.05, 0) is 51.0 Å². The van der Waals surface area contributed by atoms with Gasteiger partial charge >= 0.3 is 5.97 Å². The second-order valence-electron chi connectivity index (χ2n) is 6.55.